The van der Waals surface area contributed by atoms with E-state index in [1.165, 1.54) is 15.6 Å². The van der Waals surface area contributed by atoms with Gasteiger partial charge in [0.15, 0.2) is 5.76 Å². The lowest BCUT2D eigenvalue weighted by Crippen LogP contribution is -2.39. The number of amides is 1. The lowest BCUT2D eigenvalue weighted by molar-refractivity contribution is 0.102. The van der Waals surface area contributed by atoms with Gasteiger partial charge in [-0.05, 0) is 45.7 Å². The molecule has 1 aromatic carbocycles. The highest BCUT2D eigenvalue weighted by Gasteiger charge is 2.36. The number of anilines is 1. The molecule has 1 fully saturated rings. The summed E-state index contributed by atoms with van der Waals surface area (Å²) in [4.78, 5) is 12.7. The summed E-state index contributed by atoms with van der Waals surface area (Å²) in [6.45, 7) is 5.89. The Labute approximate surface area is 184 Å². The average molecular weight is 462 g/mol. The Kier molecular flexibility index (Phi) is 5.91. The fourth-order valence-electron chi connectivity index (χ4n) is 3.65. The van der Waals surface area contributed by atoms with Crippen molar-refractivity contribution in [1.29, 1.82) is 0 Å². The summed E-state index contributed by atoms with van der Waals surface area (Å²) in [7, 11) is -3.72. The molecule has 1 saturated heterocycles. The maximum atomic E-state index is 13.1. The summed E-state index contributed by atoms with van der Waals surface area (Å²) in [6.07, 6.45) is 1.47. The van der Waals surface area contributed by atoms with Gasteiger partial charge in [-0.1, -0.05) is 34.2 Å². The van der Waals surface area contributed by atoms with Crippen molar-refractivity contribution < 1.29 is 17.7 Å². The second-order valence-electron chi connectivity index (χ2n) is 7.62. The van der Waals surface area contributed by atoms with Gasteiger partial charge in [0.2, 0.25) is 15.0 Å². The number of sulfonamides is 1. The third-order valence-electron chi connectivity index (χ3n) is 5.24. The van der Waals surface area contributed by atoms with Gasteiger partial charge in [-0.3, -0.25) is 4.79 Å². The van der Waals surface area contributed by atoms with Crippen LogP contribution in [0.2, 0.25) is 0 Å². The second-order valence-corrected chi connectivity index (χ2v) is 10.5. The maximum Gasteiger partial charge on any atom is 0.286 e. The van der Waals surface area contributed by atoms with E-state index in [-0.39, 0.29) is 34.0 Å². The predicted octanol–water partition coefficient (Wildman–Crippen LogP) is 3.27. The summed E-state index contributed by atoms with van der Waals surface area (Å²) in [6, 6.07) is 7.48. The van der Waals surface area contributed by atoms with E-state index in [0.29, 0.717) is 29.4 Å². The van der Waals surface area contributed by atoms with E-state index >= 15 is 0 Å². The molecular weight excluding hydrogens is 438 g/mol. The van der Waals surface area contributed by atoms with Crippen LogP contribution in [0.25, 0.3) is 0 Å². The molecule has 11 heteroatoms. The van der Waals surface area contributed by atoms with Gasteiger partial charge in [0.05, 0.1) is 0 Å². The van der Waals surface area contributed by atoms with Crippen LogP contribution in [0.4, 0.5) is 5.69 Å². The maximum absolute atomic E-state index is 13.1. The Balaban J connectivity index is 1.49. The number of hydrogen-bond acceptors (Lipinski definition) is 8. The molecule has 0 spiro atoms. The van der Waals surface area contributed by atoms with E-state index in [1.807, 2.05) is 31.2 Å². The normalized spacial score (nSPS) is 17.6. The topological polar surface area (TPSA) is 118 Å². The Morgan fingerprint density at radius 3 is 2.61 bits per heavy atom. The van der Waals surface area contributed by atoms with E-state index in [4.69, 9.17) is 4.52 Å². The highest BCUT2D eigenvalue weighted by atomic mass is 32.2. The van der Waals surface area contributed by atoms with Crippen molar-refractivity contribution in [2.24, 2.45) is 0 Å². The van der Waals surface area contributed by atoms with Gasteiger partial charge < -0.3 is 9.84 Å². The van der Waals surface area contributed by atoms with E-state index in [0.717, 1.165) is 12.0 Å². The summed E-state index contributed by atoms with van der Waals surface area (Å²) in [5.74, 6) is -0.170. The fourth-order valence-corrected chi connectivity index (χ4v) is 6.33. The summed E-state index contributed by atoms with van der Waals surface area (Å²) in [5.41, 5.74) is 2.14. The van der Waals surface area contributed by atoms with Gasteiger partial charge in [-0.2, -0.15) is 4.31 Å². The molecule has 9 nitrogen and oxygen atoms in total. The molecule has 1 aliphatic heterocycles. The van der Waals surface area contributed by atoms with Crippen LogP contribution < -0.4 is 5.32 Å². The quantitative estimate of drug-likeness (QED) is 0.619. The molecule has 0 saturated carbocycles. The number of piperidine rings is 1. The standard InChI is InChI=1S/C20H23N5O4S2/c1-12-6-8-16(9-7-12)21-18(26)20-23-22-19(30-20)15-5-4-10-25(11-15)31(27,28)17-13(2)24-29-14(17)3/h6-9,15H,4-5,10-11H2,1-3H3,(H,21,26). The molecule has 1 unspecified atom stereocenters. The van der Waals surface area contributed by atoms with Crippen molar-refractivity contribution in [3.05, 3.63) is 51.3 Å². The predicted molar refractivity (Wildman–Crippen MR) is 116 cm³/mol. The molecule has 0 bridgehead atoms. The molecule has 1 N–H and O–H groups in total. The van der Waals surface area contributed by atoms with Crippen LogP contribution in [0.15, 0.2) is 33.7 Å². The summed E-state index contributed by atoms with van der Waals surface area (Å²) in [5, 5.41) is 15.7. The van der Waals surface area contributed by atoms with Gasteiger partial charge >= 0.3 is 0 Å². The van der Waals surface area contributed by atoms with Gasteiger partial charge in [0.25, 0.3) is 5.91 Å². The fraction of sp³-hybridized carbons (Fsp3) is 0.400. The van der Waals surface area contributed by atoms with Crippen molar-refractivity contribution in [2.45, 2.75) is 44.4 Å². The van der Waals surface area contributed by atoms with Crippen molar-refractivity contribution in [3.8, 4) is 0 Å². The van der Waals surface area contributed by atoms with Crippen LogP contribution in [0.5, 0.6) is 0 Å². The average Bonchev–Trinajstić information content (AvgIpc) is 3.37. The molecule has 0 aliphatic carbocycles. The number of carbonyl (C=O) groups is 1. The van der Waals surface area contributed by atoms with Crippen LogP contribution in [-0.2, 0) is 10.0 Å². The van der Waals surface area contributed by atoms with Crippen LogP contribution in [0.3, 0.4) is 0 Å². The number of aromatic nitrogens is 3. The number of hydrogen-bond donors (Lipinski definition) is 1. The van der Waals surface area contributed by atoms with E-state index in [9.17, 15) is 13.2 Å². The first-order valence-corrected chi connectivity index (χ1v) is 12.2. The SMILES string of the molecule is Cc1ccc(NC(=O)c2nnc(C3CCCN(S(=O)(=O)c4c(C)noc4C)C3)s2)cc1. The minimum Gasteiger partial charge on any atom is -0.360 e. The largest absolute Gasteiger partial charge is 0.360 e. The minimum atomic E-state index is -3.72. The number of nitrogens with zero attached hydrogens (tertiary/aromatic N) is 4. The molecule has 0 radical (unpaired) electrons. The highest BCUT2D eigenvalue weighted by molar-refractivity contribution is 7.89. The first kappa shape index (κ1) is 21.6. The smallest absolute Gasteiger partial charge is 0.286 e. The number of nitrogens with one attached hydrogen (secondary N) is 1. The van der Waals surface area contributed by atoms with Crippen LogP contribution in [-0.4, -0.2) is 47.1 Å². The Morgan fingerprint density at radius 1 is 1.19 bits per heavy atom. The summed E-state index contributed by atoms with van der Waals surface area (Å²) >= 11 is 1.20. The number of benzene rings is 1. The molecule has 164 valence electrons. The van der Waals surface area contributed by atoms with Crippen LogP contribution in [0, 0.1) is 20.8 Å². The van der Waals surface area contributed by atoms with E-state index < -0.39 is 10.0 Å². The molecule has 1 amide bonds. The Morgan fingerprint density at radius 2 is 1.94 bits per heavy atom. The lowest BCUT2D eigenvalue weighted by Gasteiger charge is -2.30. The minimum absolute atomic E-state index is 0.123. The van der Waals surface area contributed by atoms with Crippen LogP contribution >= 0.6 is 11.3 Å². The first-order chi connectivity index (χ1) is 14.8. The van der Waals surface area contributed by atoms with E-state index in [2.05, 4.69) is 20.7 Å². The van der Waals surface area contributed by atoms with Crippen molar-refractivity contribution >= 4 is 33.0 Å². The molecule has 3 heterocycles. The lowest BCUT2D eigenvalue weighted by atomic mass is 10.0. The van der Waals surface area contributed by atoms with Crippen LogP contribution in [0.1, 0.15) is 50.6 Å². The van der Waals surface area contributed by atoms with Gasteiger partial charge in [-0.15, -0.1) is 10.2 Å². The number of carbonyl (C=O) groups excluding carboxylic acids is 1. The zero-order valence-corrected chi connectivity index (χ0v) is 19.1. The van der Waals surface area contributed by atoms with Crippen molar-refractivity contribution in [1.82, 2.24) is 19.7 Å². The zero-order valence-electron chi connectivity index (χ0n) is 17.5. The highest BCUT2D eigenvalue weighted by Crippen LogP contribution is 2.33. The van der Waals surface area contributed by atoms with Crippen molar-refractivity contribution in [2.75, 3.05) is 18.4 Å². The Bertz CT molecular complexity index is 1180. The van der Waals surface area contributed by atoms with Gasteiger partial charge in [-0.25, -0.2) is 8.42 Å². The molecule has 2 aromatic heterocycles. The third-order valence-corrected chi connectivity index (χ3v) is 8.44. The van der Waals surface area contributed by atoms with Gasteiger partial charge in [0, 0.05) is 24.7 Å². The number of aryl methyl sites for hydroxylation is 3. The molecular formula is C20H23N5O4S2. The Hall–Kier alpha value is -2.63. The summed E-state index contributed by atoms with van der Waals surface area (Å²) < 4.78 is 32.8. The zero-order chi connectivity index (χ0) is 22.2. The van der Waals surface area contributed by atoms with Crippen molar-refractivity contribution in [3.63, 3.8) is 0 Å². The molecule has 3 aromatic rings. The molecule has 1 aliphatic rings. The second kappa shape index (κ2) is 8.48. The number of rotatable bonds is 5. The van der Waals surface area contributed by atoms with Gasteiger partial charge in [0.1, 0.15) is 15.6 Å². The monoisotopic (exact) mass is 461 g/mol. The van der Waals surface area contributed by atoms with E-state index in [1.54, 1.807) is 13.8 Å². The molecule has 31 heavy (non-hydrogen) atoms. The first-order valence-electron chi connectivity index (χ1n) is 9.90. The molecule has 4 rings (SSSR count). The third kappa shape index (κ3) is 4.39. The molecule has 1 atom stereocenters.